The first kappa shape index (κ1) is 53.5. The molecular weight excluding hydrogens is 875 g/mol. The smallest absolute Gasteiger partial charge is 0.316 e. The number of methoxy groups -OCH3 is 1. The molecule has 3 aliphatic rings. The Bertz CT molecular complexity index is 2050. The summed E-state index contributed by atoms with van der Waals surface area (Å²) in [5.41, 5.74) is -1.09. The number of cyclic esters (lactones) is 1. The average molecular weight is 950 g/mol. The van der Waals surface area contributed by atoms with Crippen LogP contribution in [0.1, 0.15) is 98.8 Å². The van der Waals surface area contributed by atoms with Gasteiger partial charge in [-0.3, -0.25) is 14.3 Å². The van der Waals surface area contributed by atoms with Gasteiger partial charge < -0.3 is 49.3 Å². The molecule has 0 amide bonds. The number of carbonyl (C=O) groups is 2. The van der Waals surface area contributed by atoms with Gasteiger partial charge in [-0.25, -0.2) is 13.6 Å². The SMILES string of the molecule is CC[C@H]1OC(=O)[C@H](C)C(=O)[C@H](C)[C@@H](O[C@@H]2O[C@H](C)C[C@H](N(C)CCc3cn(CCc4ccc(S(N)(=O)=O)cc4)nn3)[C@H]2O)[C@](C)(OC)C[C@@H](C)C(=NO[C@@H]2CCCNC2)[C@H](C)[C@@H](O)[C@]1(C)O. The zero-order valence-electron chi connectivity index (χ0n) is 40.3. The number of nitrogens with two attached hydrogens (primary N) is 1. The summed E-state index contributed by atoms with van der Waals surface area (Å²) in [6, 6.07) is 5.97. The van der Waals surface area contributed by atoms with Gasteiger partial charge in [-0.15, -0.1) is 5.10 Å². The van der Waals surface area contributed by atoms with Crippen molar-refractivity contribution in [1.29, 1.82) is 0 Å². The van der Waals surface area contributed by atoms with Crippen LogP contribution in [-0.4, -0.2) is 155 Å². The molecule has 14 atom stereocenters. The van der Waals surface area contributed by atoms with Gasteiger partial charge in [-0.2, -0.15) is 0 Å². The van der Waals surface area contributed by atoms with E-state index in [4.69, 9.17) is 28.9 Å². The summed E-state index contributed by atoms with van der Waals surface area (Å²) >= 11 is 0. The van der Waals surface area contributed by atoms with Gasteiger partial charge >= 0.3 is 5.97 Å². The fourth-order valence-electron chi connectivity index (χ4n) is 9.69. The Hall–Kier alpha value is -3.44. The van der Waals surface area contributed by atoms with E-state index in [1.165, 1.54) is 33.1 Å². The van der Waals surface area contributed by atoms with Crippen LogP contribution in [0.3, 0.4) is 0 Å². The van der Waals surface area contributed by atoms with Crippen LogP contribution in [0.5, 0.6) is 0 Å². The fourth-order valence-corrected chi connectivity index (χ4v) is 10.2. The Morgan fingerprint density at radius 1 is 1.08 bits per heavy atom. The molecule has 0 radical (unpaired) electrons. The first-order valence-corrected chi connectivity index (χ1v) is 24.9. The van der Waals surface area contributed by atoms with Crippen LogP contribution in [-0.2, 0) is 62.8 Å². The highest BCUT2D eigenvalue weighted by Gasteiger charge is 2.52. The summed E-state index contributed by atoms with van der Waals surface area (Å²) < 4.78 is 50.2. The van der Waals surface area contributed by atoms with E-state index in [-0.39, 0.29) is 29.9 Å². The second-order valence-corrected chi connectivity index (χ2v) is 20.8. The molecule has 1 aromatic heterocycles. The normalized spacial score (nSPS) is 36.3. The van der Waals surface area contributed by atoms with Crippen molar-refractivity contribution in [3.8, 4) is 0 Å². The lowest BCUT2D eigenvalue weighted by Gasteiger charge is -2.47. The minimum Gasteiger partial charge on any atom is -0.459 e. The minimum atomic E-state index is -3.77. The molecule has 0 bridgehead atoms. The number of benzene rings is 1. The summed E-state index contributed by atoms with van der Waals surface area (Å²) in [6.45, 7) is 16.1. The van der Waals surface area contributed by atoms with Crippen molar-refractivity contribution in [3.05, 3.63) is 41.7 Å². The number of piperidine rings is 1. The van der Waals surface area contributed by atoms with Crippen LogP contribution in [0, 0.1) is 23.7 Å². The van der Waals surface area contributed by atoms with Gasteiger partial charge in [-0.1, -0.05) is 50.2 Å². The fraction of sp³-hybridized carbons (Fsp3) is 0.761. The van der Waals surface area contributed by atoms with Crippen LogP contribution in [0.4, 0.5) is 0 Å². The predicted octanol–water partition coefficient (Wildman–Crippen LogP) is 2.37. The second-order valence-electron chi connectivity index (χ2n) is 19.2. The lowest BCUT2D eigenvalue weighted by Crippen LogP contribution is -2.60. The molecule has 3 aliphatic heterocycles. The number of aliphatic hydroxyl groups is 3. The summed E-state index contributed by atoms with van der Waals surface area (Å²) in [7, 11) is -0.355. The quantitative estimate of drug-likeness (QED) is 0.103. The highest BCUT2D eigenvalue weighted by molar-refractivity contribution is 7.89. The number of primary sulfonamides is 1. The van der Waals surface area contributed by atoms with Gasteiger partial charge in [-0.05, 0) is 97.5 Å². The molecule has 66 heavy (non-hydrogen) atoms. The Labute approximate surface area is 390 Å². The number of nitrogens with zero attached hydrogens (tertiary/aromatic N) is 5. The van der Waals surface area contributed by atoms with E-state index < -0.39 is 93.4 Å². The first-order chi connectivity index (χ1) is 31.0. The Morgan fingerprint density at radius 2 is 1.77 bits per heavy atom. The maximum absolute atomic E-state index is 14.4. The monoisotopic (exact) mass is 950 g/mol. The van der Waals surface area contributed by atoms with Crippen LogP contribution in [0.15, 0.2) is 40.5 Å². The van der Waals surface area contributed by atoms with E-state index in [2.05, 4.69) is 20.8 Å². The molecule has 2 aromatic rings. The molecule has 3 saturated heterocycles. The lowest BCUT2D eigenvalue weighted by molar-refractivity contribution is -0.295. The van der Waals surface area contributed by atoms with Gasteiger partial charge in [0.15, 0.2) is 12.1 Å². The minimum absolute atomic E-state index is 0.0515. The topological polar surface area (TPSA) is 259 Å². The molecule has 20 heteroatoms. The van der Waals surface area contributed by atoms with Crippen LogP contribution >= 0.6 is 0 Å². The maximum atomic E-state index is 14.4. The van der Waals surface area contributed by atoms with Crippen molar-refractivity contribution in [2.45, 2.75) is 172 Å². The lowest BCUT2D eigenvalue weighted by atomic mass is 9.74. The van der Waals surface area contributed by atoms with Crippen molar-refractivity contribution in [2.24, 2.45) is 34.0 Å². The number of nitrogens with one attached hydrogen (secondary N) is 1. The number of Topliss-reactive ketones (excluding diaryl/α,β-unsaturated/α-hetero) is 1. The number of rotatable bonds is 14. The molecule has 0 spiro atoms. The second kappa shape index (κ2) is 22.8. The van der Waals surface area contributed by atoms with Crippen LogP contribution in [0.25, 0.3) is 0 Å². The number of hydrogen-bond acceptors (Lipinski definition) is 17. The Kier molecular flexibility index (Phi) is 18.5. The largest absolute Gasteiger partial charge is 0.459 e. The number of oxime groups is 1. The Balaban J connectivity index is 1.37. The molecular formula is C46H75N7O12S. The number of likely N-dealkylation sites (N-methyl/N-ethyl adjacent to an activating group) is 1. The molecule has 19 nitrogen and oxygen atoms in total. The number of ketones is 1. The van der Waals surface area contributed by atoms with Crippen molar-refractivity contribution in [1.82, 2.24) is 25.2 Å². The van der Waals surface area contributed by atoms with Crippen molar-refractivity contribution in [3.63, 3.8) is 0 Å². The number of esters is 1. The molecule has 3 fully saturated rings. The van der Waals surface area contributed by atoms with E-state index in [9.17, 15) is 33.3 Å². The van der Waals surface area contributed by atoms with Gasteiger partial charge in [0.2, 0.25) is 10.0 Å². The molecule has 0 unspecified atom stereocenters. The van der Waals surface area contributed by atoms with E-state index in [1.54, 1.807) is 44.5 Å². The van der Waals surface area contributed by atoms with Gasteiger partial charge in [0.25, 0.3) is 0 Å². The predicted molar refractivity (Wildman–Crippen MR) is 244 cm³/mol. The van der Waals surface area contributed by atoms with E-state index in [0.717, 1.165) is 30.6 Å². The van der Waals surface area contributed by atoms with Crippen molar-refractivity contribution < 1.29 is 57.1 Å². The molecule has 1 aromatic carbocycles. The van der Waals surface area contributed by atoms with Crippen LogP contribution < -0.4 is 10.5 Å². The van der Waals surface area contributed by atoms with Crippen molar-refractivity contribution >= 4 is 27.5 Å². The molecule has 0 aliphatic carbocycles. The standard InChI is InChI=1S/C46H75N7O12S/c1-11-37-46(8,58)41(56)29(4)38(50-65-34-13-12-20-48-25-34)27(2)24-45(7,61-10)42(30(5)39(54)31(6)43(57)63-37)64-44-40(55)36(23-28(3)62-44)52(9)21-19-33-26-53(51-49-33)22-18-32-14-16-35(17-15-32)66(47,59)60/h14-17,26-31,34,36-37,40-42,44,48,55-56,58H,11-13,18-25H2,1-10H3,(H2,47,59,60)/t27-,28-,29+,30+,31-,34-,36+,37-,40-,41-,42-,44+,45-,46-/m1/s1. The molecule has 4 heterocycles. The Morgan fingerprint density at radius 3 is 2.39 bits per heavy atom. The highest BCUT2D eigenvalue weighted by atomic mass is 32.2. The third kappa shape index (κ3) is 13.0. The van der Waals surface area contributed by atoms with Gasteiger partial charge in [0.1, 0.15) is 29.8 Å². The molecule has 0 saturated carbocycles. The summed E-state index contributed by atoms with van der Waals surface area (Å²) in [4.78, 5) is 36.4. The number of carbonyl (C=O) groups excluding carboxylic acids is 2. The zero-order valence-corrected chi connectivity index (χ0v) is 41.1. The number of ether oxygens (including phenoxy) is 4. The van der Waals surface area contributed by atoms with E-state index in [0.29, 0.717) is 44.6 Å². The third-order valence-electron chi connectivity index (χ3n) is 14.0. The van der Waals surface area contributed by atoms with E-state index >= 15 is 0 Å². The first-order valence-electron chi connectivity index (χ1n) is 23.3. The molecule has 5 rings (SSSR count). The summed E-state index contributed by atoms with van der Waals surface area (Å²) in [5, 5.41) is 57.6. The van der Waals surface area contributed by atoms with Gasteiger partial charge in [0, 0.05) is 63.2 Å². The molecule has 6 N–H and O–H groups in total. The molecule has 372 valence electrons. The van der Waals surface area contributed by atoms with E-state index in [1.807, 2.05) is 32.0 Å². The number of sulfonamides is 1. The number of aromatic nitrogens is 3. The zero-order chi connectivity index (χ0) is 48.7. The number of hydrogen-bond donors (Lipinski definition) is 5. The number of aryl methyl sites for hydroxylation is 2. The number of aliphatic hydroxyl groups excluding tert-OH is 2. The van der Waals surface area contributed by atoms with Crippen LogP contribution in [0.2, 0.25) is 0 Å². The van der Waals surface area contributed by atoms with Crippen molar-refractivity contribution in [2.75, 3.05) is 33.8 Å². The average Bonchev–Trinajstić information content (AvgIpc) is 3.75. The summed E-state index contributed by atoms with van der Waals surface area (Å²) in [5.74, 6) is -4.88. The summed E-state index contributed by atoms with van der Waals surface area (Å²) in [6.07, 6.45) is -1.12. The highest BCUT2D eigenvalue weighted by Crippen LogP contribution is 2.39. The van der Waals surface area contributed by atoms with Gasteiger partial charge in [0.05, 0.1) is 40.2 Å². The third-order valence-corrected chi connectivity index (χ3v) is 14.9. The maximum Gasteiger partial charge on any atom is 0.316 e.